The van der Waals surface area contributed by atoms with E-state index in [9.17, 15) is 14.0 Å². The molecule has 8 heteroatoms. The Hall–Kier alpha value is -3.00. The van der Waals surface area contributed by atoms with E-state index in [2.05, 4.69) is 10.3 Å². The average molecular weight is 398 g/mol. The lowest BCUT2D eigenvalue weighted by molar-refractivity contribution is -0.117. The largest absolute Gasteiger partial charge is 0.325 e. The molecule has 0 bridgehead atoms. The van der Waals surface area contributed by atoms with Crippen LogP contribution in [-0.2, 0) is 16.0 Å². The molecule has 0 fully saturated rings. The number of anilines is 1. The van der Waals surface area contributed by atoms with Crippen LogP contribution in [0.3, 0.4) is 0 Å². The Kier molecular flexibility index (Phi) is 6.54. The molecule has 0 aromatic heterocycles. The van der Waals surface area contributed by atoms with Gasteiger partial charge in [0.05, 0.1) is 12.2 Å². The van der Waals surface area contributed by atoms with E-state index in [4.69, 9.17) is 5.41 Å². The van der Waals surface area contributed by atoms with Gasteiger partial charge in [0.2, 0.25) is 5.91 Å². The number of halogens is 1. The van der Waals surface area contributed by atoms with E-state index >= 15 is 0 Å². The van der Waals surface area contributed by atoms with Gasteiger partial charge in [0, 0.05) is 12.2 Å². The first kappa shape index (κ1) is 19.8. The molecule has 2 aromatic rings. The Bertz CT molecular complexity index is 900. The fraction of sp³-hybridized carbons (Fsp3) is 0.200. The van der Waals surface area contributed by atoms with Crippen molar-refractivity contribution >= 4 is 40.3 Å². The highest BCUT2D eigenvalue weighted by molar-refractivity contribution is 8.14. The molecule has 0 aliphatic carbocycles. The van der Waals surface area contributed by atoms with Gasteiger partial charge in [-0.2, -0.15) is 4.99 Å². The smallest absolute Gasteiger partial charge is 0.255 e. The van der Waals surface area contributed by atoms with E-state index in [0.29, 0.717) is 23.8 Å². The first-order valence-corrected chi connectivity index (χ1v) is 9.68. The Morgan fingerprint density at radius 3 is 2.61 bits per heavy atom. The van der Waals surface area contributed by atoms with Crippen LogP contribution in [-0.4, -0.2) is 40.0 Å². The van der Waals surface area contributed by atoms with Crippen molar-refractivity contribution in [2.45, 2.75) is 12.8 Å². The summed E-state index contributed by atoms with van der Waals surface area (Å²) >= 11 is 1.11. The first-order valence-electron chi connectivity index (χ1n) is 8.70. The molecule has 2 N–H and O–H groups in total. The summed E-state index contributed by atoms with van der Waals surface area (Å²) in [4.78, 5) is 29.6. The number of rotatable bonds is 6. The zero-order chi connectivity index (χ0) is 19.9. The van der Waals surface area contributed by atoms with Crippen LogP contribution in [0.5, 0.6) is 0 Å². The van der Waals surface area contributed by atoms with Crippen molar-refractivity contribution in [3.05, 3.63) is 66.0 Å². The fourth-order valence-electron chi connectivity index (χ4n) is 2.65. The third kappa shape index (κ3) is 5.50. The fourth-order valence-corrected chi connectivity index (χ4v) is 3.50. The Morgan fingerprint density at radius 1 is 1.18 bits per heavy atom. The summed E-state index contributed by atoms with van der Waals surface area (Å²) in [6, 6.07) is 15.3. The molecule has 0 saturated carbocycles. The summed E-state index contributed by atoms with van der Waals surface area (Å²) in [5.41, 5.74) is 1.60. The van der Waals surface area contributed by atoms with Crippen molar-refractivity contribution in [2.24, 2.45) is 4.99 Å². The minimum absolute atomic E-state index is 0.0264. The Morgan fingerprint density at radius 2 is 1.89 bits per heavy atom. The lowest BCUT2D eigenvalue weighted by Crippen LogP contribution is -2.41. The maximum atomic E-state index is 12.9. The number of nitrogens with zero attached hydrogens (tertiary/aromatic N) is 2. The van der Waals surface area contributed by atoms with Crippen molar-refractivity contribution in [3.8, 4) is 0 Å². The molecule has 2 aromatic carbocycles. The molecular formula is C20H19FN4O2S. The molecule has 0 unspecified atom stereocenters. The van der Waals surface area contributed by atoms with Crippen LogP contribution in [0.15, 0.2) is 59.6 Å². The van der Waals surface area contributed by atoms with Gasteiger partial charge in [-0.15, -0.1) is 0 Å². The van der Waals surface area contributed by atoms with Crippen LogP contribution in [0.2, 0.25) is 0 Å². The van der Waals surface area contributed by atoms with Gasteiger partial charge >= 0.3 is 0 Å². The minimum Gasteiger partial charge on any atom is -0.325 e. The molecule has 0 spiro atoms. The summed E-state index contributed by atoms with van der Waals surface area (Å²) in [7, 11) is 0. The maximum absolute atomic E-state index is 12.9. The molecule has 1 aliphatic heterocycles. The molecule has 144 valence electrons. The maximum Gasteiger partial charge on any atom is 0.255 e. The van der Waals surface area contributed by atoms with E-state index < -0.39 is 0 Å². The summed E-state index contributed by atoms with van der Waals surface area (Å²) in [6.07, 6.45) is 0.652. The van der Waals surface area contributed by atoms with Crippen molar-refractivity contribution < 1.29 is 14.0 Å². The number of hydrogen-bond acceptors (Lipinski definition) is 4. The van der Waals surface area contributed by atoms with Crippen molar-refractivity contribution in [1.82, 2.24) is 4.90 Å². The highest BCUT2D eigenvalue weighted by atomic mass is 32.2. The molecule has 0 radical (unpaired) electrons. The highest BCUT2D eigenvalue weighted by Gasteiger charge is 2.25. The second-order valence-corrected chi connectivity index (χ2v) is 7.09. The van der Waals surface area contributed by atoms with Gasteiger partial charge in [-0.05, 0) is 36.2 Å². The third-order valence-corrected chi connectivity index (χ3v) is 5.00. The van der Waals surface area contributed by atoms with Crippen molar-refractivity contribution in [3.63, 3.8) is 0 Å². The molecule has 1 aliphatic rings. The standard InChI is InChI=1S/C20H19FN4O2S/c21-15-6-8-16(9-7-15)23-19(27)13-28-20-24-18(26)12-17(22)25(20)11-10-14-4-2-1-3-5-14/h1-9,22H,10-13H2,(H,23,27). The molecule has 0 atom stereocenters. The first-order chi connectivity index (χ1) is 13.5. The third-order valence-electron chi connectivity index (χ3n) is 4.02. The number of hydrogen-bond donors (Lipinski definition) is 2. The zero-order valence-corrected chi connectivity index (χ0v) is 15.8. The van der Waals surface area contributed by atoms with Crippen LogP contribution >= 0.6 is 11.8 Å². The second kappa shape index (κ2) is 9.27. The number of carbonyl (C=O) groups is 2. The van der Waals surface area contributed by atoms with E-state index in [-0.39, 0.29) is 35.6 Å². The SMILES string of the molecule is N=C1CC(=O)N=C(SCC(=O)Nc2ccc(F)cc2)N1CCc1ccccc1. The summed E-state index contributed by atoms with van der Waals surface area (Å²) in [6.45, 7) is 0.502. The molecule has 28 heavy (non-hydrogen) atoms. The molecule has 6 nitrogen and oxygen atoms in total. The molecule has 1 heterocycles. The number of nitrogens with one attached hydrogen (secondary N) is 2. The number of amides is 2. The van der Waals surface area contributed by atoms with Crippen LogP contribution in [0.1, 0.15) is 12.0 Å². The van der Waals surface area contributed by atoms with Crippen molar-refractivity contribution in [1.29, 1.82) is 5.41 Å². The normalized spacial score (nSPS) is 14.0. The van der Waals surface area contributed by atoms with E-state index in [1.54, 1.807) is 4.90 Å². The molecule has 0 saturated heterocycles. The average Bonchev–Trinajstić information content (AvgIpc) is 2.68. The van der Waals surface area contributed by atoms with Crippen LogP contribution in [0.4, 0.5) is 10.1 Å². The Labute approximate surface area is 166 Å². The zero-order valence-electron chi connectivity index (χ0n) is 15.0. The predicted molar refractivity (Wildman–Crippen MR) is 109 cm³/mol. The summed E-state index contributed by atoms with van der Waals surface area (Å²) in [5.74, 6) is -0.861. The van der Waals surface area contributed by atoms with Gasteiger partial charge in [0.25, 0.3) is 5.91 Å². The number of aliphatic imine (C=N–C) groups is 1. The van der Waals surface area contributed by atoms with E-state index in [0.717, 1.165) is 17.3 Å². The quantitative estimate of drug-likeness (QED) is 0.782. The lowest BCUT2D eigenvalue weighted by atomic mass is 10.1. The number of amidine groups is 2. The molecular weight excluding hydrogens is 379 g/mol. The van der Waals surface area contributed by atoms with Gasteiger partial charge in [-0.3, -0.25) is 15.0 Å². The van der Waals surface area contributed by atoms with Gasteiger partial charge < -0.3 is 10.2 Å². The summed E-state index contributed by atoms with van der Waals surface area (Å²) < 4.78 is 12.9. The summed E-state index contributed by atoms with van der Waals surface area (Å²) in [5, 5.41) is 11.2. The monoisotopic (exact) mass is 398 g/mol. The minimum atomic E-state index is -0.387. The van der Waals surface area contributed by atoms with Crippen LogP contribution in [0.25, 0.3) is 0 Å². The number of carbonyl (C=O) groups excluding carboxylic acids is 2. The van der Waals surface area contributed by atoms with Crippen LogP contribution in [0, 0.1) is 11.2 Å². The molecule has 2 amide bonds. The Balaban J connectivity index is 1.60. The van der Waals surface area contributed by atoms with Gasteiger partial charge in [-0.1, -0.05) is 42.1 Å². The van der Waals surface area contributed by atoms with Gasteiger partial charge in [0.15, 0.2) is 5.17 Å². The predicted octanol–water partition coefficient (Wildman–Crippen LogP) is 3.31. The van der Waals surface area contributed by atoms with E-state index in [1.165, 1.54) is 24.3 Å². The van der Waals surface area contributed by atoms with E-state index in [1.807, 2.05) is 30.3 Å². The highest BCUT2D eigenvalue weighted by Crippen LogP contribution is 2.18. The van der Waals surface area contributed by atoms with Crippen molar-refractivity contribution in [2.75, 3.05) is 17.6 Å². The number of benzene rings is 2. The van der Waals surface area contributed by atoms with Gasteiger partial charge in [-0.25, -0.2) is 4.39 Å². The molecule has 3 rings (SSSR count). The van der Waals surface area contributed by atoms with Gasteiger partial charge in [0.1, 0.15) is 11.7 Å². The second-order valence-electron chi connectivity index (χ2n) is 6.14. The lowest BCUT2D eigenvalue weighted by Gasteiger charge is -2.28. The number of thioether (sulfide) groups is 1. The van der Waals surface area contributed by atoms with Crippen LogP contribution < -0.4 is 5.32 Å². The topological polar surface area (TPSA) is 85.6 Å².